The largest absolute Gasteiger partial charge is 0.497 e. The minimum Gasteiger partial charge on any atom is -0.497 e. The maximum absolute atomic E-state index is 12.6. The zero-order valence-corrected chi connectivity index (χ0v) is 15.3. The quantitative estimate of drug-likeness (QED) is 0.582. The third-order valence-electron chi connectivity index (χ3n) is 4.15. The number of esters is 1. The Bertz CT molecular complexity index is 553. The van der Waals surface area contributed by atoms with E-state index in [1.54, 1.807) is 18.9 Å². The number of ether oxygens (including phenoxy) is 2. The van der Waals surface area contributed by atoms with Crippen LogP contribution in [0.4, 0.5) is 0 Å². The van der Waals surface area contributed by atoms with Crippen LogP contribution < -0.4 is 4.74 Å². The molecule has 5 nitrogen and oxygen atoms in total. The summed E-state index contributed by atoms with van der Waals surface area (Å²) in [6, 6.07) is 7.70. The van der Waals surface area contributed by atoms with Crippen LogP contribution in [0.3, 0.4) is 0 Å². The molecule has 1 amide bonds. The predicted molar refractivity (Wildman–Crippen MR) is 94.3 cm³/mol. The van der Waals surface area contributed by atoms with Crippen LogP contribution in [-0.4, -0.2) is 48.8 Å². The van der Waals surface area contributed by atoms with Gasteiger partial charge in [0, 0.05) is 18.0 Å². The maximum Gasteiger partial charge on any atom is 0.309 e. The number of carbonyl (C=O) groups is 2. The molecule has 1 aliphatic heterocycles. The normalized spacial score (nSPS) is 16.5. The molecule has 132 valence electrons. The lowest BCUT2D eigenvalue weighted by Gasteiger charge is -2.32. The summed E-state index contributed by atoms with van der Waals surface area (Å²) in [5.41, 5.74) is 0. The number of amides is 1. The summed E-state index contributed by atoms with van der Waals surface area (Å²) in [7, 11) is 1.63. The Labute approximate surface area is 147 Å². The van der Waals surface area contributed by atoms with Gasteiger partial charge in [-0.1, -0.05) is 0 Å². The van der Waals surface area contributed by atoms with E-state index in [1.165, 1.54) is 0 Å². The number of methoxy groups -OCH3 is 1. The molecule has 1 aromatic carbocycles. The van der Waals surface area contributed by atoms with E-state index in [0.717, 1.165) is 10.6 Å². The van der Waals surface area contributed by atoms with E-state index in [0.29, 0.717) is 32.5 Å². The van der Waals surface area contributed by atoms with Crippen molar-refractivity contribution in [3.8, 4) is 5.75 Å². The SMILES string of the molecule is CCOC(=O)C1CCN(C(=O)[C@@H](C)Sc2ccc(OC)cc2)CC1. The van der Waals surface area contributed by atoms with Gasteiger partial charge in [0.25, 0.3) is 0 Å². The van der Waals surface area contributed by atoms with Crippen LogP contribution in [0.1, 0.15) is 26.7 Å². The van der Waals surface area contributed by atoms with Gasteiger partial charge in [-0.25, -0.2) is 0 Å². The van der Waals surface area contributed by atoms with E-state index < -0.39 is 0 Å². The second kappa shape index (κ2) is 8.97. The summed E-state index contributed by atoms with van der Waals surface area (Å²) < 4.78 is 10.2. The predicted octanol–water partition coefficient (Wildman–Crippen LogP) is 2.98. The summed E-state index contributed by atoms with van der Waals surface area (Å²) in [5, 5.41) is -0.155. The third kappa shape index (κ3) is 4.90. The van der Waals surface area contributed by atoms with Crippen LogP contribution in [-0.2, 0) is 14.3 Å². The van der Waals surface area contributed by atoms with Crippen molar-refractivity contribution in [1.29, 1.82) is 0 Å². The van der Waals surface area contributed by atoms with Crippen LogP contribution in [0.25, 0.3) is 0 Å². The molecule has 0 spiro atoms. The molecule has 0 aromatic heterocycles. The molecule has 0 bridgehead atoms. The first-order chi connectivity index (χ1) is 11.5. The molecule has 1 fully saturated rings. The van der Waals surface area contributed by atoms with E-state index in [2.05, 4.69) is 0 Å². The van der Waals surface area contributed by atoms with Crippen molar-refractivity contribution < 1.29 is 19.1 Å². The maximum atomic E-state index is 12.6. The van der Waals surface area contributed by atoms with Crippen LogP contribution in [0.2, 0.25) is 0 Å². The molecular weight excluding hydrogens is 326 g/mol. The topological polar surface area (TPSA) is 55.8 Å². The molecule has 0 aliphatic carbocycles. The number of hydrogen-bond acceptors (Lipinski definition) is 5. The highest BCUT2D eigenvalue weighted by molar-refractivity contribution is 8.00. The minimum absolute atomic E-state index is 0.0708. The van der Waals surface area contributed by atoms with E-state index in [4.69, 9.17) is 9.47 Å². The second-order valence-corrected chi connectivity index (χ2v) is 7.20. The first-order valence-corrected chi connectivity index (χ1v) is 9.19. The van der Waals surface area contributed by atoms with Gasteiger partial charge in [0.1, 0.15) is 5.75 Å². The molecule has 2 rings (SSSR count). The molecule has 1 heterocycles. The van der Waals surface area contributed by atoms with Crippen molar-refractivity contribution in [2.24, 2.45) is 5.92 Å². The van der Waals surface area contributed by atoms with Gasteiger partial charge >= 0.3 is 5.97 Å². The molecule has 1 aromatic rings. The number of likely N-dealkylation sites (tertiary alicyclic amines) is 1. The van der Waals surface area contributed by atoms with E-state index in [-0.39, 0.29) is 23.0 Å². The lowest BCUT2D eigenvalue weighted by Crippen LogP contribution is -2.43. The monoisotopic (exact) mass is 351 g/mol. The van der Waals surface area contributed by atoms with Crippen LogP contribution >= 0.6 is 11.8 Å². The summed E-state index contributed by atoms with van der Waals surface area (Å²) in [4.78, 5) is 27.3. The zero-order valence-electron chi connectivity index (χ0n) is 14.5. The Kier molecular flexibility index (Phi) is 6.97. The number of nitrogens with zero attached hydrogens (tertiary/aromatic N) is 1. The Morgan fingerprint density at radius 3 is 2.42 bits per heavy atom. The highest BCUT2D eigenvalue weighted by atomic mass is 32.2. The Morgan fingerprint density at radius 2 is 1.88 bits per heavy atom. The lowest BCUT2D eigenvalue weighted by atomic mass is 9.97. The number of piperidine rings is 1. The Morgan fingerprint density at radius 1 is 1.25 bits per heavy atom. The van der Waals surface area contributed by atoms with Crippen molar-refractivity contribution in [2.75, 3.05) is 26.8 Å². The van der Waals surface area contributed by atoms with Gasteiger partial charge in [-0.15, -0.1) is 11.8 Å². The number of benzene rings is 1. The van der Waals surface area contributed by atoms with E-state index >= 15 is 0 Å². The third-order valence-corrected chi connectivity index (χ3v) is 5.25. The van der Waals surface area contributed by atoms with Gasteiger partial charge in [-0.2, -0.15) is 0 Å². The fourth-order valence-corrected chi connectivity index (χ4v) is 3.71. The molecule has 1 saturated heterocycles. The van der Waals surface area contributed by atoms with Crippen molar-refractivity contribution in [3.05, 3.63) is 24.3 Å². The van der Waals surface area contributed by atoms with Gasteiger partial charge in [0.15, 0.2) is 0 Å². The smallest absolute Gasteiger partial charge is 0.309 e. The van der Waals surface area contributed by atoms with Crippen molar-refractivity contribution in [3.63, 3.8) is 0 Å². The zero-order chi connectivity index (χ0) is 17.5. The highest BCUT2D eigenvalue weighted by Crippen LogP contribution is 2.28. The van der Waals surface area contributed by atoms with Crippen molar-refractivity contribution >= 4 is 23.6 Å². The van der Waals surface area contributed by atoms with Gasteiger partial charge < -0.3 is 14.4 Å². The summed E-state index contributed by atoms with van der Waals surface area (Å²) in [6.45, 7) is 5.39. The average Bonchev–Trinajstić information content (AvgIpc) is 2.62. The lowest BCUT2D eigenvalue weighted by molar-refractivity contribution is -0.151. The average molecular weight is 351 g/mol. The summed E-state index contributed by atoms with van der Waals surface area (Å²) in [5.74, 6) is 0.723. The molecule has 0 saturated carbocycles. The molecule has 6 heteroatoms. The van der Waals surface area contributed by atoms with Crippen LogP contribution in [0.5, 0.6) is 5.75 Å². The molecule has 0 N–H and O–H groups in total. The standard InChI is InChI=1S/C18H25NO4S/c1-4-23-18(21)14-9-11-19(12-10-14)17(20)13(2)24-16-7-5-15(22-3)6-8-16/h5-8,13-14H,4,9-12H2,1-3H3/t13-/m1/s1. The highest BCUT2D eigenvalue weighted by Gasteiger charge is 2.30. The van der Waals surface area contributed by atoms with Crippen molar-refractivity contribution in [2.45, 2.75) is 36.8 Å². The molecule has 0 unspecified atom stereocenters. The van der Waals surface area contributed by atoms with Gasteiger partial charge in [-0.05, 0) is 51.0 Å². The number of thioether (sulfide) groups is 1. The minimum atomic E-state index is -0.155. The fourth-order valence-electron chi connectivity index (χ4n) is 2.76. The number of rotatable bonds is 6. The number of carbonyl (C=O) groups excluding carboxylic acids is 2. The summed E-state index contributed by atoms with van der Waals surface area (Å²) in [6.07, 6.45) is 1.37. The van der Waals surface area contributed by atoms with Gasteiger partial charge in [0.2, 0.25) is 5.91 Å². The molecular formula is C18H25NO4S. The van der Waals surface area contributed by atoms with Crippen molar-refractivity contribution in [1.82, 2.24) is 4.90 Å². The number of hydrogen-bond donors (Lipinski definition) is 0. The Balaban J connectivity index is 1.84. The first-order valence-electron chi connectivity index (χ1n) is 8.31. The Hall–Kier alpha value is -1.69. The molecule has 24 heavy (non-hydrogen) atoms. The summed E-state index contributed by atoms with van der Waals surface area (Å²) >= 11 is 1.54. The van der Waals surface area contributed by atoms with E-state index in [1.807, 2.05) is 43.0 Å². The molecule has 1 aliphatic rings. The van der Waals surface area contributed by atoms with Crippen LogP contribution in [0, 0.1) is 5.92 Å². The second-order valence-electron chi connectivity index (χ2n) is 5.79. The molecule has 0 radical (unpaired) electrons. The van der Waals surface area contributed by atoms with Gasteiger partial charge in [0.05, 0.1) is 24.9 Å². The first kappa shape index (κ1) is 18.6. The van der Waals surface area contributed by atoms with E-state index in [9.17, 15) is 9.59 Å². The fraction of sp³-hybridized carbons (Fsp3) is 0.556. The van der Waals surface area contributed by atoms with Crippen LogP contribution in [0.15, 0.2) is 29.2 Å². The van der Waals surface area contributed by atoms with Gasteiger partial charge in [-0.3, -0.25) is 9.59 Å². The molecule has 1 atom stereocenters.